The predicted molar refractivity (Wildman–Crippen MR) is 67.5 cm³/mol. The van der Waals surface area contributed by atoms with Gasteiger partial charge in [0.1, 0.15) is 11.6 Å². The lowest BCUT2D eigenvalue weighted by Crippen LogP contribution is -2.03. The van der Waals surface area contributed by atoms with Gasteiger partial charge in [-0.3, -0.25) is 9.59 Å². The van der Waals surface area contributed by atoms with E-state index >= 15 is 0 Å². The molecule has 0 aromatic heterocycles. The molecule has 0 aliphatic heterocycles. The lowest BCUT2D eigenvalue weighted by atomic mass is 10.0. The normalized spacial score (nSPS) is 10.4. The average molecular weight is 226 g/mol. The van der Waals surface area contributed by atoms with Gasteiger partial charge < -0.3 is 0 Å². The van der Waals surface area contributed by atoms with Gasteiger partial charge in [-0.1, -0.05) is 51.9 Å². The average Bonchev–Trinajstić information content (AvgIpc) is 2.21. The van der Waals surface area contributed by atoms with Crippen LogP contribution in [-0.2, 0) is 9.59 Å². The molecule has 0 rings (SSSR count). The maximum Gasteiger partial charge on any atom is 0.140 e. The minimum atomic E-state index is -0.00966. The SMILES string of the molecule is CCCCCCCCCCC(=O)CC(C)=O. The summed E-state index contributed by atoms with van der Waals surface area (Å²) in [5, 5.41) is 0. The van der Waals surface area contributed by atoms with E-state index in [-0.39, 0.29) is 18.0 Å². The van der Waals surface area contributed by atoms with Gasteiger partial charge in [-0.25, -0.2) is 0 Å². The quantitative estimate of drug-likeness (QED) is 0.393. The molecule has 0 bridgehead atoms. The molecule has 0 unspecified atom stereocenters. The third-order valence-electron chi connectivity index (χ3n) is 2.76. The summed E-state index contributed by atoms with van der Waals surface area (Å²) in [6, 6.07) is 0. The Morgan fingerprint density at radius 3 is 1.81 bits per heavy atom. The van der Waals surface area contributed by atoms with E-state index in [0.717, 1.165) is 12.8 Å². The van der Waals surface area contributed by atoms with Crippen molar-refractivity contribution in [1.29, 1.82) is 0 Å². The Balaban J connectivity index is 3.14. The van der Waals surface area contributed by atoms with Crippen molar-refractivity contribution >= 4 is 11.6 Å². The van der Waals surface area contributed by atoms with Gasteiger partial charge in [-0.2, -0.15) is 0 Å². The number of Topliss-reactive ketones (excluding diaryl/α,β-unsaturated/α-hetero) is 2. The van der Waals surface area contributed by atoms with Gasteiger partial charge in [0.05, 0.1) is 6.42 Å². The number of hydrogen-bond acceptors (Lipinski definition) is 2. The van der Waals surface area contributed by atoms with Gasteiger partial charge in [0.25, 0.3) is 0 Å². The standard InChI is InChI=1S/C14H26O2/c1-3-4-5-6-7-8-9-10-11-14(16)12-13(2)15/h3-12H2,1-2H3. The summed E-state index contributed by atoms with van der Waals surface area (Å²) in [6.07, 6.45) is 10.7. The van der Waals surface area contributed by atoms with E-state index < -0.39 is 0 Å². The maximum absolute atomic E-state index is 11.2. The van der Waals surface area contributed by atoms with Crippen LogP contribution in [0.5, 0.6) is 0 Å². The first kappa shape index (κ1) is 15.3. The summed E-state index contributed by atoms with van der Waals surface area (Å²) in [4.78, 5) is 21.9. The summed E-state index contributed by atoms with van der Waals surface area (Å²) in [6.45, 7) is 3.70. The van der Waals surface area contributed by atoms with Crippen molar-refractivity contribution in [3.8, 4) is 0 Å². The molecule has 2 nitrogen and oxygen atoms in total. The van der Waals surface area contributed by atoms with Crippen LogP contribution in [0.1, 0.15) is 78.1 Å². The number of hydrogen-bond donors (Lipinski definition) is 0. The molecule has 0 aromatic carbocycles. The molecule has 16 heavy (non-hydrogen) atoms. The minimum absolute atomic E-state index is 0.00966. The zero-order valence-electron chi connectivity index (χ0n) is 10.9. The van der Waals surface area contributed by atoms with E-state index in [0.29, 0.717) is 6.42 Å². The zero-order valence-corrected chi connectivity index (χ0v) is 10.9. The van der Waals surface area contributed by atoms with Crippen molar-refractivity contribution in [3.05, 3.63) is 0 Å². The Bertz CT molecular complexity index is 197. The van der Waals surface area contributed by atoms with Crippen molar-refractivity contribution < 1.29 is 9.59 Å². The topological polar surface area (TPSA) is 34.1 Å². The molecule has 0 heterocycles. The summed E-state index contributed by atoms with van der Waals surface area (Å²) in [5.41, 5.74) is 0. The van der Waals surface area contributed by atoms with Crippen molar-refractivity contribution in [2.24, 2.45) is 0 Å². The second-order valence-corrected chi connectivity index (χ2v) is 4.64. The number of rotatable bonds is 11. The van der Waals surface area contributed by atoms with Crippen LogP contribution >= 0.6 is 0 Å². The third kappa shape index (κ3) is 11.4. The second-order valence-electron chi connectivity index (χ2n) is 4.64. The summed E-state index contributed by atoms with van der Waals surface area (Å²) >= 11 is 0. The Morgan fingerprint density at radius 1 is 0.812 bits per heavy atom. The molecule has 0 spiro atoms. The van der Waals surface area contributed by atoms with Gasteiger partial charge in [0.15, 0.2) is 0 Å². The molecule has 0 aliphatic rings. The molecule has 0 saturated heterocycles. The largest absolute Gasteiger partial charge is 0.300 e. The zero-order chi connectivity index (χ0) is 12.2. The fourth-order valence-electron chi connectivity index (χ4n) is 1.82. The van der Waals surface area contributed by atoms with E-state index in [4.69, 9.17) is 0 Å². The van der Waals surface area contributed by atoms with Crippen LogP contribution in [0.4, 0.5) is 0 Å². The highest BCUT2D eigenvalue weighted by Gasteiger charge is 2.04. The molecule has 0 saturated carbocycles. The van der Waals surface area contributed by atoms with E-state index in [9.17, 15) is 9.59 Å². The number of carbonyl (C=O) groups is 2. The van der Waals surface area contributed by atoms with Crippen LogP contribution in [0.15, 0.2) is 0 Å². The molecule has 94 valence electrons. The van der Waals surface area contributed by atoms with Crippen LogP contribution in [-0.4, -0.2) is 11.6 Å². The summed E-state index contributed by atoms with van der Waals surface area (Å²) < 4.78 is 0. The van der Waals surface area contributed by atoms with Gasteiger partial charge in [-0.15, -0.1) is 0 Å². The van der Waals surface area contributed by atoms with E-state index in [1.54, 1.807) is 0 Å². The van der Waals surface area contributed by atoms with Crippen LogP contribution < -0.4 is 0 Å². The highest BCUT2D eigenvalue weighted by Crippen LogP contribution is 2.10. The lowest BCUT2D eigenvalue weighted by Gasteiger charge is -2.01. The second kappa shape index (κ2) is 10.8. The van der Waals surface area contributed by atoms with E-state index in [1.807, 2.05) is 0 Å². The molecular formula is C14H26O2. The monoisotopic (exact) mass is 226 g/mol. The molecule has 0 aromatic rings. The fraction of sp³-hybridized carbons (Fsp3) is 0.857. The first-order valence-electron chi connectivity index (χ1n) is 6.68. The van der Waals surface area contributed by atoms with Crippen LogP contribution in [0.3, 0.4) is 0 Å². The van der Waals surface area contributed by atoms with Gasteiger partial charge in [0.2, 0.25) is 0 Å². The third-order valence-corrected chi connectivity index (χ3v) is 2.76. The minimum Gasteiger partial charge on any atom is -0.300 e. The van der Waals surface area contributed by atoms with Crippen LogP contribution in [0, 0.1) is 0 Å². The Kier molecular flexibility index (Phi) is 10.4. The molecule has 0 fully saturated rings. The number of carbonyl (C=O) groups excluding carboxylic acids is 2. The van der Waals surface area contributed by atoms with Gasteiger partial charge in [-0.05, 0) is 13.3 Å². The van der Waals surface area contributed by atoms with Crippen molar-refractivity contribution in [1.82, 2.24) is 0 Å². The van der Waals surface area contributed by atoms with Gasteiger partial charge >= 0.3 is 0 Å². The highest BCUT2D eigenvalue weighted by atomic mass is 16.1. The molecule has 0 N–H and O–H groups in total. The Labute approximate surface area is 99.8 Å². The fourth-order valence-corrected chi connectivity index (χ4v) is 1.82. The number of unbranched alkanes of at least 4 members (excludes halogenated alkanes) is 7. The molecule has 0 radical (unpaired) electrons. The molecule has 2 heteroatoms. The number of ketones is 2. The highest BCUT2D eigenvalue weighted by molar-refractivity contribution is 5.97. The van der Waals surface area contributed by atoms with Crippen molar-refractivity contribution in [2.45, 2.75) is 78.1 Å². The summed E-state index contributed by atoms with van der Waals surface area (Å²) in [7, 11) is 0. The van der Waals surface area contributed by atoms with Crippen LogP contribution in [0.25, 0.3) is 0 Å². The van der Waals surface area contributed by atoms with Crippen LogP contribution in [0.2, 0.25) is 0 Å². The molecule has 0 amide bonds. The lowest BCUT2D eigenvalue weighted by molar-refractivity contribution is -0.125. The molecule has 0 atom stereocenters. The van der Waals surface area contributed by atoms with Crippen molar-refractivity contribution in [2.75, 3.05) is 0 Å². The van der Waals surface area contributed by atoms with E-state index in [2.05, 4.69) is 6.92 Å². The predicted octanol–water partition coefficient (Wildman–Crippen LogP) is 4.07. The first-order chi connectivity index (χ1) is 7.66. The Hall–Kier alpha value is -0.660. The van der Waals surface area contributed by atoms with Gasteiger partial charge in [0, 0.05) is 6.42 Å². The smallest absolute Gasteiger partial charge is 0.140 e. The van der Waals surface area contributed by atoms with Crippen molar-refractivity contribution in [3.63, 3.8) is 0 Å². The Morgan fingerprint density at radius 2 is 1.31 bits per heavy atom. The van der Waals surface area contributed by atoms with E-state index in [1.165, 1.54) is 45.4 Å². The molecular weight excluding hydrogens is 200 g/mol. The summed E-state index contributed by atoms with van der Waals surface area (Å²) in [5.74, 6) is 0.100. The maximum atomic E-state index is 11.2. The first-order valence-corrected chi connectivity index (χ1v) is 6.68. The molecule has 0 aliphatic carbocycles.